The highest BCUT2D eigenvalue weighted by Gasteiger charge is 2.21. The van der Waals surface area contributed by atoms with E-state index in [-0.39, 0.29) is 0 Å². The van der Waals surface area contributed by atoms with Crippen LogP contribution in [0.3, 0.4) is 0 Å². The van der Waals surface area contributed by atoms with Crippen LogP contribution in [0.2, 0.25) is 0 Å². The molecule has 0 bridgehead atoms. The fourth-order valence-electron chi connectivity index (χ4n) is 4.37. The molecular weight excluding hydrogens is 368 g/mol. The van der Waals surface area contributed by atoms with Gasteiger partial charge in [0.2, 0.25) is 12.7 Å². The highest BCUT2D eigenvalue weighted by Crippen LogP contribution is 2.33. The molecule has 2 aromatic rings. The van der Waals surface area contributed by atoms with Crippen molar-refractivity contribution in [1.29, 1.82) is 0 Å². The molecule has 2 aliphatic heterocycles. The molecule has 8 heteroatoms. The van der Waals surface area contributed by atoms with E-state index in [1.807, 2.05) is 6.07 Å². The van der Waals surface area contributed by atoms with Gasteiger partial charge in [0.1, 0.15) is 0 Å². The zero-order valence-corrected chi connectivity index (χ0v) is 16.7. The van der Waals surface area contributed by atoms with Crippen molar-refractivity contribution in [2.24, 2.45) is 0 Å². The molecule has 5 rings (SSSR count). The van der Waals surface area contributed by atoms with E-state index in [1.54, 1.807) is 6.20 Å². The summed E-state index contributed by atoms with van der Waals surface area (Å²) in [4.78, 5) is 9.50. The molecule has 3 heterocycles. The first-order valence-electron chi connectivity index (χ1n) is 10.7. The van der Waals surface area contributed by atoms with Crippen LogP contribution in [0.5, 0.6) is 11.5 Å². The second-order valence-corrected chi connectivity index (χ2v) is 8.07. The molecule has 0 amide bonds. The average Bonchev–Trinajstić information content (AvgIpc) is 3.23. The molecule has 29 heavy (non-hydrogen) atoms. The van der Waals surface area contributed by atoms with Crippen molar-refractivity contribution in [3.05, 3.63) is 30.0 Å². The van der Waals surface area contributed by atoms with Crippen LogP contribution in [0.4, 0.5) is 11.8 Å². The first-order valence-corrected chi connectivity index (χ1v) is 10.7. The number of rotatable bonds is 5. The summed E-state index contributed by atoms with van der Waals surface area (Å²) < 4.78 is 10.9. The van der Waals surface area contributed by atoms with Crippen LogP contribution in [-0.4, -0.2) is 59.1 Å². The standard InChI is InChI=1S/C21H28N6O2/c1-2-4-17(5-3-1)23-21-24-20(13-22-25-21)27-10-8-26(9-11-27)14-16-6-7-18-19(12-16)29-15-28-18/h6-7,12-13,17H,1-5,8-11,14-15H2,(H,23,24,25). The Morgan fingerprint density at radius 2 is 1.83 bits per heavy atom. The normalized spacial score (nSPS) is 20.1. The van der Waals surface area contributed by atoms with Crippen molar-refractivity contribution in [2.45, 2.75) is 44.7 Å². The Morgan fingerprint density at radius 1 is 1.00 bits per heavy atom. The van der Waals surface area contributed by atoms with Gasteiger partial charge in [-0.15, -0.1) is 5.10 Å². The maximum Gasteiger partial charge on any atom is 0.244 e. The Morgan fingerprint density at radius 3 is 2.69 bits per heavy atom. The number of hydrogen-bond acceptors (Lipinski definition) is 8. The predicted molar refractivity (Wildman–Crippen MR) is 110 cm³/mol. The fraction of sp³-hybridized carbons (Fsp3) is 0.571. The molecule has 1 aromatic carbocycles. The minimum absolute atomic E-state index is 0.321. The molecule has 0 unspecified atom stereocenters. The van der Waals surface area contributed by atoms with Crippen molar-refractivity contribution >= 4 is 11.8 Å². The molecule has 1 aliphatic carbocycles. The third kappa shape index (κ3) is 4.37. The Kier molecular flexibility index (Phi) is 5.34. The minimum atomic E-state index is 0.321. The zero-order valence-electron chi connectivity index (χ0n) is 16.7. The van der Waals surface area contributed by atoms with Crippen LogP contribution < -0.4 is 19.7 Å². The average molecular weight is 396 g/mol. The second kappa shape index (κ2) is 8.41. The summed E-state index contributed by atoms with van der Waals surface area (Å²) in [6.07, 6.45) is 8.10. The van der Waals surface area contributed by atoms with Crippen molar-refractivity contribution in [3.63, 3.8) is 0 Å². The third-order valence-corrected chi connectivity index (χ3v) is 6.02. The van der Waals surface area contributed by atoms with Crippen LogP contribution >= 0.6 is 0 Å². The number of nitrogens with zero attached hydrogens (tertiary/aromatic N) is 5. The number of piperazine rings is 1. The predicted octanol–water partition coefficient (Wildman–Crippen LogP) is 2.67. The van der Waals surface area contributed by atoms with Crippen LogP contribution in [0, 0.1) is 0 Å². The lowest BCUT2D eigenvalue weighted by molar-refractivity contribution is 0.174. The molecule has 2 fully saturated rings. The molecule has 1 saturated carbocycles. The number of hydrogen-bond donors (Lipinski definition) is 1. The van der Waals surface area contributed by atoms with Gasteiger partial charge in [-0.3, -0.25) is 4.90 Å². The maximum atomic E-state index is 5.49. The number of nitrogens with one attached hydrogen (secondary N) is 1. The quantitative estimate of drug-likeness (QED) is 0.827. The van der Waals surface area contributed by atoms with Gasteiger partial charge in [0.15, 0.2) is 17.3 Å². The van der Waals surface area contributed by atoms with E-state index >= 15 is 0 Å². The van der Waals surface area contributed by atoms with E-state index in [0.29, 0.717) is 18.8 Å². The van der Waals surface area contributed by atoms with Crippen LogP contribution in [-0.2, 0) is 6.54 Å². The summed E-state index contributed by atoms with van der Waals surface area (Å²) in [7, 11) is 0. The van der Waals surface area contributed by atoms with Crippen LogP contribution in [0.25, 0.3) is 0 Å². The van der Waals surface area contributed by atoms with E-state index in [0.717, 1.165) is 50.0 Å². The topological polar surface area (TPSA) is 75.6 Å². The SMILES string of the molecule is c1cc2c(cc1CN1CCN(c3cnnc(NC4CCCCC4)n3)CC1)OCO2. The highest BCUT2D eigenvalue weighted by molar-refractivity contribution is 5.44. The first-order chi connectivity index (χ1) is 14.3. The molecule has 154 valence electrons. The molecule has 0 atom stereocenters. The van der Waals surface area contributed by atoms with E-state index < -0.39 is 0 Å². The van der Waals surface area contributed by atoms with Gasteiger partial charge in [0.05, 0.1) is 6.20 Å². The smallest absolute Gasteiger partial charge is 0.244 e. The molecule has 8 nitrogen and oxygen atoms in total. The molecule has 1 N–H and O–H groups in total. The first kappa shape index (κ1) is 18.4. The summed E-state index contributed by atoms with van der Waals surface area (Å²) in [5, 5.41) is 11.9. The lowest BCUT2D eigenvalue weighted by atomic mass is 9.96. The third-order valence-electron chi connectivity index (χ3n) is 6.02. The number of benzene rings is 1. The van der Waals surface area contributed by atoms with E-state index in [2.05, 4.69) is 37.4 Å². The van der Waals surface area contributed by atoms with E-state index in [1.165, 1.54) is 37.7 Å². The van der Waals surface area contributed by atoms with Gasteiger partial charge >= 0.3 is 0 Å². The fourth-order valence-corrected chi connectivity index (χ4v) is 4.37. The summed E-state index contributed by atoms with van der Waals surface area (Å²) >= 11 is 0. The number of aromatic nitrogens is 3. The van der Waals surface area contributed by atoms with Gasteiger partial charge < -0.3 is 19.7 Å². The molecular formula is C21H28N6O2. The van der Waals surface area contributed by atoms with Crippen LogP contribution in [0.1, 0.15) is 37.7 Å². The maximum absolute atomic E-state index is 5.49. The largest absolute Gasteiger partial charge is 0.454 e. The minimum Gasteiger partial charge on any atom is -0.454 e. The lowest BCUT2D eigenvalue weighted by Gasteiger charge is -2.35. The summed E-state index contributed by atoms with van der Waals surface area (Å²) in [5.41, 5.74) is 1.25. The molecule has 3 aliphatic rings. The lowest BCUT2D eigenvalue weighted by Crippen LogP contribution is -2.46. The number of ether oxygens (including phenoxy) is 2. The summed E-state index contributed by atoms with van der Waals surface area (Å²) in [6.45, 7) is 5.09. The number of fused-ring (bicyclic) bond motifs is 1. The van der Waals surface area contributed by atoms with Crippen molar-refractivity contribution in [3.8, 4) is 11.5 Å². The zero-order chi connectivity index (χ0) is 19.5. The number of anilines is 2. The van der Waals surface area contributed by atoms with Gasteiger partial charge in [-0.2, -0.15) is 10.1 Å². The monoisotopic (exact) mass is 396 g/mol. The van der Waals surface area contributed by atoms with Crippen LogP contribution in [0.15, 0.2) is 24.4 Å². The highest BCUT2D eigenvalue weighted by atomic mass is 16.7. The van der Waals surface area contributed by atoms with Gasteiger partial charge in [0.25, 0.3) is 0 Å². The molecule has 0 radical (unpaired) electrons. The van der Waals surface area contributed by atoms with Gasteiger partial charge in [-0.1, -0.05) is 25.3 Å². The van der Waals surface area contributed by atoms with Gasteiger partial charge in [0, 0.05) is 38.8 Å². The second-order valence-electron chi connectivity index (χ2n) is 8.07. The Labute approximate surface area is 171 Å². The van der Waals surface area contributed by atoms with Crippen molar-refractivity contribution < 1.29 is 9.47 Å². The molecule has 1 aromatic heterocycles. The summed E-state index contributed by atoms with van der Waals surface area (Å²) in [5.74, 6) is 3.27. The van der Waals surface area contributed by atoms with Crippen molar-refractivity contribution in [1.82, 2.24) is 20.1 Å². The summed E-state index contributed by atoms with van der Waals surface area (Å²) in [6, 6.07) is 6.70. The van der Waals surface area contributed by atoms with E-state index in [4.69, 9.17) is 14.5 Å². The molecule has 1 saturated heterocycles. The van der Waals surface area contributed by atoms with Gasteiger partial charge in [-0.25, -0.2) is 0 Å². The van der Waals surface area contributed by atoms with E-state index in [9.17, 15) is 0 Å². The Bertz CT molecular complexity index is 834. The Hall–Kier alpha value is -2.61. The van der Waals surface area contributed by atoms with Crippen molar-refractivity contribution in [2.75, 3.05) is 43.2 Å². The van der Waals surface area contributed by atoms with Gasteiger partial charge in [-0.05, 0) is 30.5 Å². The Balaban J connectivity index is 1.16. The molecule has 0 spiro atoms.